The van der Waals surface area contributed by atoms with Crippen LogP contribution in [0.1, 0.15) is 40.5 Å². The third kappa shape index (κ3) is 5.05. The second-order valence-electron chi connectivity index (χ2n) is 7.03. The highest BCUT2D eigenvalue weighted by molar-refractivity contribution is 7.53. The van der Waals surface area contributed by atoms with E-state index in [-0.39, 0.29) is 30.9 Å². The van der Waals surface area contributed by atoms with Gasteiger partial charge in [0.2, 0.25) is 0 Å². The summed E-state index contributed by atoms with van der Waals surface area (Å²) in [6.07, 6.45) is 1.00. The van der Waals surface area contributed by atoms with Gasteiger partial charge in [0.25, 0.3) is 0 Å². The molecule has 0 amide bonds. The number of nitrogens with one attached hydrogen (secondary N) is 1. The van der Waals surface area contributed by atoms with E-state index in [1.807, 2.05) is 27.7 Å². The van der Waals surface area contributed by atoms with Crippen LogP contribution in [0.4, 0.5) is 0 Å². The SMILES string of the molecule is CC1(C)CC(NP(=O)(O)N(CCCl)CCCl)CC(C)(C)N1[O]. The molecule has 1 aliphatic heterocycles. The summed E-state index contributed by atoms with van der Waals surface area (Å²) in [5, 5.41) is 16.3. The highest BCUT2D eigenvalue weighted by Crippen LogP contribution is 2.45. The molecule has 6 nitrogen and oxygen atoms in total. The van der Waals surface area contributed by atoms with Crippen molar-refractivity contribution in [3.63, 3.8) is 0 Å². The largest absolute Gasteiger partial charge is 0.341 e. The molecule has 1 saturated heterocycles. The van der Waals surface area contributed by atoms with E-state index in [2.05, 4.69) is 5.09 Å². The summed E-state index contributed by atoms with van der Waals surface area (Å²) in [7, 11) is -3.74. The Hall–Kier alpha value is 0.610. The van der Waals surface area contributed by atoms with E-state index in [9.17, 15) is 14.7 Å². The van der Waals surface area contributed by atoms with Gasteiger partial charge in [-0.2, -0.15) is 0 Å². The van der Waals surface area contributed by atoms with E-state index in [0.717, 1.165) is 5.06 Å². The summed E-state index contributed by atoms with van der Waals surface area (Å²) in [5.41, 5.74) is -1.19. The molecule has 9 heteroatoms. The molecule has 1 fully saturated rings. The Morgan fingerprint density at radius 2 is 1.59 bits per heavy atom. The normalized spacial score (nSPS) is 25.3. The molecule has 1 rings (SSSR count). The van der Waals surface area contributed by atoms with E-state index in [4.69, 9.17) is 23.2 Å². The number of halogens is 2. The molecular formula is C13H27Cl2N3O3P. The van der Waals surface area contributed by atoms with Crippen molar-refractivity contribution in [2.75, 3.05) is 24.8 Å². The van der Waals surface area contributed by atoms with Gasteiger partial charge in [0.1, 0.15) is 0 Å². The molecule has 1 aliphatic rings. The van der Waals surface area contributed by atoms with Crippen LogP contribution >= 0.6 is 30.9 Å². The molecule has 2 N–H and O–H groups in total. The summed E-state index contributed by atoms with van der Waals surface area (Å²) in [6.45, 7) is 7.98. The maximum atomic E-state index is 12.6. The van der Waals surface area contributed by atoms with Crippen molar-refractivity contribution in [1.82, 2.24) is 14.8 Å². The van der Waals surface area contributed by atoms with Crippen molar-refractivity contribution < 1.29 is 14.7 Å². The molecular weight excluding hydrogens is 348 g/mol. The predicted molar refractivity (Wildman–Crippen MR) is 89.7 cm³/mol. The maximum absolute atomic E-state index is 12.6. The minimum atomic E-state index is -3.74. The summed E-state index contributed by atoms with van der Waals surface area (Å²) >= 11 is 11.4. The van der Waals surface area contributed by atoms with Crippen molar-refractivity contribution in [2.24, 2.45) is 0 Å². The van der Waals surface area contributed by atoms with Gasteiger partial charge < -0.3 is 4.89 Å². The Bertz CT molecular complexity index is 399. The molecule has 1 heterocycles. The Morgan fingerprint density at radius 1 is 1.18 bits per heavy atom. The van der Waals surface area contributed by atoms with E-state index in [1.165, 1.54) is 4.67 Å². The van der Waals surface area contributed by atoms with Crippen LogP contribution in [-0.4, -0.2) is 56.6 Å². The van der Waals surface area contributed by atoms with Crippen LogP contribution in [0.3, 0.4) is 0 Å². The van der Waals surface area contributed by atoms with Crippen molar-refractivity contribution in [1.29, 1.82) is 0 Å². The lowest BCUT2D eigenvalue weighted by Gasteiger charge is -2.50. The molecule has 0 aromatic rings. The topological polar surface area (TPSA) is 75.7 Å². The first-order valence-electron chi connectivity index (χ1n) is 7.42. The standard InChI is InChI=1S/C13H27Cl2N3O3P/c1-12(2)9-11(10-13(3,4)18(12)19)16-22(20,21)17(7-5-14)8-6-15/h11H,5-10H2,1-4H3,(H2,16,20,21). The predicted octanol–water partition coefficient (Wildman–Crippen LogP) is 2.82. The monoisotopic (exact) mass is 374 g/mol. The van der Waals surface area contributed by atoms with Crippen LogP contribution in [0.25, 0.3) is 0 Å². The van der Waals surface area contributed by atoms with Crippen LogP contribution < -0.4 is 5.09 Å². The lowest BCUT2D eigenvalue weighted by molar-refractivity contribution is -0.289. The zero-order valence-electron chi connectivity index (χ0n) is 13.7. The molecule has 0 aromatic heterocycles. The average Bonchev–Trinajstić information content (AvgIpc) is 2.34. The van der Waals surface area contributed by atoms with Crippen LogP contribution in [0, 0.1) is 0 Å². The van der Waals surface area contributed by atoms with Crippen molar-refractivity contribution in [3.8, 4) is 0 Å². The third-order valence-corrected chi connectivity index (χ3v) is 6.22. The molecule has 22 heavy (non-hydrogen) atoms. The number of rotatable bonds is 7. The molecule has 0 bridgehead atoms. The second-order valence-corrected chi connectivity index (χ2v) is 9.70. The zero-order chi connectivity index (χ0) is 17.2. The van der Waals surface area contributed by atoms with Gasteiger partial charge in [0.15, 0.2) is 0 Å². The number of hydrogen-bond donors (Lipinski definition) is 2. The number of alkyl halides is 2. The first-order chi connectivity index (χ1) is 9.96. The summed E-state index contributed by atoms with van der Waals surface area (Å²) in [5.74, 6) is 0.498. The van der Waals surface area contributed by atoms with Gasteiger partial charge in [-0.1, -0.05) is 0 Å². The summed E-state index contributed by atoms with van der Waals surface area (Å²) in [6, 6.07) is -0.223. The minimum Gasteiger partial charge on any atom is -0.322 e. The van der Waals surface area contributed by atoms with Gasteiger partial charge in [0, 0.05) is 42.0 Å². The zero-order valence-corrected chi connectivity index (χ0v) is 16.1. The van der Waals surface area contributed by atoms with Gasteiger partial charge >= 0.3 is 7.67 Å². The Balaban J connectivity index is 2.86. The van der Waals surface area contributed by atoms with Crippen LogP contribution in [0.2, 0.25) is 0 Å². The Kier molecular flexibility index (Phi) is 7.19. The van der Waals surface area contributed by atoms with Gasteiger partial charge in [-0.05, 0) is 40.5 Å². The maximum Gasteiger partial charge on any atom is 0.341 e. The lowest BCUT2D eigenvalue weighted by Crippen LogP contribution is -2.61. The van der Waals surface area contributed by atoms with Gasteiger partial charge in [0.05, 0.1) is 0 Å². The van der Waals surface area contributed by atoms with Crippen LogP contribution in [-0.2, 0) is 9.77 Å². The average molecular weight is 375 g/mol. The van der Waals surface area contributed by atoms with E-state index in [0.29, 0.717) is 12.8 Å². The number of hydrogen-bond acceptors (Lipinski definition) is 2. The Labute approximate surface area is 143 Å². The molecule has 131 valence electrons. The molecule has 1 unspecified atom stereocenters. The summed E-state index contributed by atoms with van der Waals surface area (Å²) < 4.78 is 14.0. The number of piperidine rings is 1. The molecule has 0 spiro atoms. The van der Waals surface area contributed by atoms with Gasteiger partial charge in [-0.15, -0.1) is 33.5 Å². The fraction of sp³-hybridized carbons (Fsp3) is 1.00. The molecule has 1 radical (unpaired) electrons. The smallest absolute Gasteiger partial charge is 0.322 e. The van der Waals surface area contributed by atoms with Crippen molar-refractivity contribution >= 4 is 30.9 Å². The van der Waals surface area contributed by atoms with Crippen molar-refractivity contribution in [2.45, 2.75) is 57.7 Å². The van der Waals surface area contributed by atoms with Crippen LogP contribution in [0.5, 0.6) is 0 Å². The highest BCUT2D eigenvalue weighted by atomic mass is 35.5. The molecule has 0 aromatic carbocycles. The van der Waals surface area contributed by atoms with E-state index in [1.54, 1.807) is 0 Å². The lowest BCUT2D eigenvalue weighted by atomic mass is 9.79. The van der Waals surface area contributed by atoms with E-state index < -0.39 is 18.7 Å². The van der Waals surface area contributed by atoms with E-state index >= 15 is 0 Å². The van der Waals surface area contributed by atoms with Gasteiger partial charge in [-0.3, -0.25) is 4.57 Å². The van der Waals surface area contributed by atoms with Gasteiger partial charge in [-0.25, -0.2) is 9.76 Å². The highest BCUT2D eigenvalue weighted by Gasteiger charge is 2.47. The fourth-order valence-corrected chi connectivity index (χ4v) is 5.46. The first-order valence-corrected chi connectivity index (χ1v) is 10.1. The number of hydroxylamine groups is 2. The molecule has 0 aliphatic carbocycles. The molecule has 1 atom stereocenters. The number of nitrogens with zero attached hydrogens (tertiary/aromatic N) is 2. The second kappa shape index (κ2) is 7.66. The van der Waals surface area contributed by atoms with Crippen LogP contribution in [0.15, 0.2) is 0 Å². The third-order valence-electron chi connectivity index (χ3n) is 4.01. The summed E-state index contributed by atoms with van der Waals surface area (Å²) in [4.78, 5) is 10.4. The van der Waals surface area contributed by atoms with Crippen molar-refractivity contribution in [3.05, 3.63) is 0 Å². The molecule has 0 saturated carbocycles. The quantitative estimate of drug-likeness (QED) is 0.529. The first kappa shape index (κ1) is 20.7. The fourth-order valence-electron chi connectivity index (χ4n) is 3.25. The minimum absolute atomic E-state index is 0.223. The Morgan fingerprint density at radius 3 is 1.95 bits per heavy atom.